The molecule has 26 heavy (non-hydrogen) atoms. The van der Waals surface area contributed by atoms with Gasteiger partial charge in [-0.3, -0.25) is 4.79 Å². The summed E-state index contributed by atoms with van der Waals surface area (Å²) in [4.78, 5) is 14.4. The van der Waals surface area contributed by atoms with E-state index in [2.05, 4.69) is 46.8 Å². The standard InChI is InChI=1S/C20H31N3O.2ClH/c1-23(19-7-3-2-4-8-19)12-6-5-11-21-20(24)15-16-13-17-9-10-18(14-16)22-17;;/h2-4,7-8,16-18,22H,5-6,9-15H2,1H3,(H,21,24);2*1H. The highest BCUT2D eigenvalue weighted by molar-refractivity contribution is 5.85. The number of amides is 1. The van der Waals surface area contributed by atoms with Gasteiger partial charge in [-0.2, -0.15) is 0 Å². The van der Waals surface area contributed by atoms with Crippen molar-refractivity contribution in [1.29, 1.82) is 0 Å². The lowest BCUT2D eigenvalue weighted by atomic mass is 9.89. The van der Waals surface area contributed by atoms with Crippen molar-refractivity contribution in [3.8, 4) is 0 Å². The molecule has 2 bridgehead atoms. The molecule has 2 fully saturated rings. The van der Waals surface area contributed by atoms with Gasteiger partial charge in [-0.1, -0.05) is 18.2 Å². The maximum Gasteiger partial charge on any atom is 0.220 e. The van der Waals surface area contributed by atoms with Gasteiger partial charge in [0.2, 0.25) is 5.91 Å². The Morgan fingerprint density at radius 1 is 1.12 bits per heavy atom. The normalized spacial score (nSPS) is 23.5. The molecule has 0 spiro atoms. The zero-order chi connectivity index (χ0) is 16.8. The Bertz CT molecular complexity index is 517. The Morgan fingerprint density at radius 3 is 2.42 bits per heavy atom. The number of rotatable bonds is 8. The molecule has 2 saturated heterocycles. The molecule has 2 atom stereocenters. The van der Waals surface area contributed by atoms with Crippen LogP contribution in [0.15, 0.2) is 30.3 Å². The van der Waals surface area contributed by atoms with Crippen molar-refractivity contribution >= 4 is 36.4 Å². The smallest absolute Gasteiger partial charge is 0.220 e. The van der Waals surface area contributed by atoms with E-state index in [1.54, 1.807) is 0 Å². The van der Waals surface area contributed by atoms with Crippen molar-refractivity contribution in [2.24, 2.45) is 5.92 Å². The first-order valence-corrected chi connectivity index (χ1v) is 9.49. The minimum atomic E-state index is 0. The zero-order valence-electron chi connectivity index (χ0n) is 15.7. The van der Waals surface area contributed by atoms with Crippen molar-refractivity contribution in [2.75, 3.05) is 25.0 Å². The molecule has 0 saturated carbocycles. The van der Waals surface area contributed by atoms with E-state index in [9.17, 15) is 4.79 Å². The van der Waals surface area contributed by atoms with Crippen LogP contribution < -0.4 is 15.5 Å². The van der Waals surface area contributed by atoms with Gasteiger partial charge < -0.3 is 15.5 Å². The van der Waals surface area contributed by atoms with Crippen LogP contribution in [-0.2, 0) is 4.79 Å². The van der Waals surface area contributed by atoms with Crippen LogP contribution in [0.1, 0.15) is 44.9 Å². The molecular formula is C20H33Cl2N3O. The average molecular weight is 402 g/mol. The van der Waals surface area contributed by atoms with Crippen LogP contribution in [0.2, 0.25) is 0 Å². The number of piperidine rings is 1. The minimum absolute atomic E-state index is 0. The van der Waals surface area contributed by atoms with E-state index in [4.69, 9.17) is 0 Å². The fraction of sp³-hybridized carbons (Fsp3) is 0.650. The molecule has 1 amide bonds. The highest BCUT2D eigenvalue weighted by atomic mass is 35.5. The summed E-state index contributed by atoms with van der Waals surface area (Å²) in [5.74, 6) is 0.839. The number of unbranched alkanes of at least 4 members (excludes halogenated alkanes) is 1. The highest BCUT2D eigenvalue weighted by Gasteiger charge is 2.33. The predicted octanol–water partition coefficient (Wildman–Crippen LogP) is 3.78. The van der Waals surface area contributed by atoms with Gasteiger partial charge in [-0.15, -0.1) is 24.8 Å². The highest BCUT2D eigenvalue weighted by Crippen LogP contribution is 2.32. The lowest BCUT2D eigenvalue weighted by Gasteiger charge is -2.28. The Kier molecular flexibility index (Phi) is 10.4. The Hall–Kier alpha value is -0.970. The molecule has 148 valence electrons. The molecule has 2 aliphatic heterocycles. The van der Waals surface area contributed by atoms with Crippen LogP contribution in [0, 0.1) is 5.92 Å². The molecule has 1 aromatic carbocycles. The summed E-state index contributed by atoms with van der Waals surface area (Å²) in [6.07, 6.45) is 7.84. The lowest BCUT2D eigenvalue weighted by molar-refractivity contribution is -0.122. The quantitative estimate of drug-likeness (QED) is 0.651. The van der Waals surface area contributed by atoms with Gasteiger partial charge in [-0.05, 0) is 56.6 Å². The number of benzene rings is 1. The van der Waals surface area contributed by atoms with Gasteiger partial charge >= 0.3 is 0 Å². The van der Waals surface area contributed by atoms with Gasteiger partial charge in [0, 0.05) is 44.3 Å². The van der Waals surface area contributed by atoms with Gasteiger partial charge in [0.15, 0.2) is 0 Å². The SMILES string of the molecule is CN(CCCCNC(=O)CC1CC2CCC(C1)N2)c1ccccc1.Cl.Cl. The van der Waals surface area contributed by atoms with E-state index in [1.165, 1.54) is 31.4 Å². The number of nitrogens with one attached hydrogen (secondary N) is 2. The summed E-state index contributed by atoms with van der Waals surface area (Å²) in [6, 6.07) is 11.8. The summed E-state index contributed by atoms with van der Waals surface area (Å²) < 4.78 is 0. The number of hydrogen-bond acceptors (Lipinski definition) is 3. The number of para-hydroxylation sites is 1. The van der Waals surface area contributed by atoms with Crippen molar-refractivity contribution in [3.05, 3.63) is 30.3 Å². The number of carbonyl (C=O) groups excluding carboxylic acids is 1. The average Bonchev–Trinajstić information content (AvgIpc) is 2.93. The van der Waals surface area contributed by atoms with Crippen molar-refractivity contribution < 1.29 is 4.79 Å². The third kappa shape index (κ3) is 6.98. The molecule has 6 heteroatoms. The van der Waals surface area contributed by atoms with E-state index in [0.29, 0.717) is 18.0 Å². The van der Waals surface area contributed by atoms with Crippen LogP contribution in [0.4, 0.5) is 5.69 Å². The van der Waals surface area contributed by atoms with Crippen molar-refractivity contribution in [1.82, 2.24) is 10.6 Å². The number of hydrogen-bond donors (Lipinski definition) is 2. The summed E-state index contributed by atoms with van der Waals surface area (Å²) in [5.41, 5.74) is 1.25. The van der Waals surface area contributed by atoms with Crippen LogP contribution >= 0.6 is 24.8 Å². The van der Waals surface area contributed by atoms with Crippen LogP contribution in [0.5, 0.6) is 0 Å². The van der Waals surface area contributed by atoms with Gasteiger partial charge in [-0.25, -0.2) is 0 Å². The van der Waals surface area contributed by atoms with E-state index in [1.807, 2.05) is 6.07 Å². The second-order valence-electron chi connectivity index (χ2n) is 7.49. The molecule has 2 heterocycles. The van der Waals surface area contributed by atoms with Crippen molar-refractivity contribution in [2.45, 2.75) is 57.0 Å². The van der Waals surface area contributed by atoms with E-state index in [0.717, 1.165) is 32.4 Å². The van der Waals surface area contributed by atoms with E-state index < -0.39 is 0 Å². The molecule has 4 nitrogen and oxygen atoms in total. The first-order valence-electron chi connectivity index (χ1n) is 9.49. The molecule has 2 aliphatic rings. The second-order valence-corrected chi connectivity index (χ2v) is 7.49. The minimum Gasteiger partial charge on any atom is -0.375 e. The van der Waals surface area contributed by atoms with Gasteiger partial charge in [0.05, 0.1) is 0 Å². The fourth-order valence-corrected chi connectivity index (χ4v) is 4.19. The lowest BCUT2D eigenvalue weighted by Crippen LogP contribution is -2.39. The van der Waals surface area contributed by atoms with Gasteiger partial charge in [0.25, 0.3) is 0 Å². The van der Waals surface area contributed by atoms with Crippen LogP contribution in [0.25, 0.3) is 0 Å². The molecule has 1 aromatic rings. The first kappa shape index (κ1) is 23.1. The molecule has 0 radical (unpaired) electrons. The van der Waals surface area contributed by atoms with Crippen molar-refractivity contribution in [3.63, 3.8) is 0 Å². The van der Waals surface area contributed by atoms with E-state index >= 15 is 0 Å². The maximum atomic E-state index is 12.1. The van der Waals surface area contributed by atoms with Crippen LogP contribution in [-0.4, -0.2) is 38.1 Å². The summed E-state index contributed by atoms with van der Waals surface area (Å²) in [6.45, 7) is 1.83. The van der Waals surface area contributed by atoms with Crippen LogP contribution in [0.3, 0.4) is 0 Å². The predicted molar refractivity (Wildman–Crippen MR) is 114 cm³/mol. The Labute approximate surface area is 170 Å². The number of carbonyl (C=O) groups is 1. The molecule has 0 aliphatic carbocycles. The summed E-state index contributed by atoms with van der Waals surface area (Å²) in [7, 11) is 2.12. The number of halogens is 2. The van der Waals surface area contributed by atoms with E-state index in [-0.39, 0.29) is 30.7 Å². The zero-order valence-corrected chi connectivity index (χ0v) is 17.3. The molecule has 3 rings (SSSR count). The van der Waals surface area contributed by atoms with Gasteiger partial charge in [0.1, 0.15) is 0 Å². The summed E-state index contributed by atoms with van der Waals surface area (Å²) >= 11 is 0. The monoisotopic (exact) mass is 401 g/mol. The molecule has 2 N–H and O–H groups in total. The maximum absolute atomic E-state index is 12.1. The number of nitrogens with zero attached hydrogens (tertiary/aromatic N) is 1. The first-order chi connectivity index (χ1) is 11.7. The summed E-state index contributed by atoms with van der Waals surface area (Å²) in [5, 5.41) is 6.76. The topological polar surface area (TPSA) is 44.4 Å². The number of fused-ring (bicyclic) bond motifs is 2. The molecule has 0 aromatic heterocycles. The number of anilines is 1. The third-order valence-electron chi connectivity index (χ3n) is 5.48. The molecular weight excluding hydrogens is 369 g/mol. The molecule has 2 unspecified atom stereocenters. The third-order valence-corrected chi connectivity index (χ3v) is 5.48. The fourth-order valence-electron chi connectivity index (χ4n) is 4.19. The Morgan fingerprint density at radius 2 is 1.77 bits per heavy atom. The largest absolute Gasteiger partial charge is 0.375 e. The second kappa shape index (κ2) is 11.7. The Balaban J connectivity index is 0.00000169.